The molecule has 2 heterocycles. The number of rotatable bonds is 5. The van der Waals surface area contributed by atoms with Crippen LogP contribution < -0.4 is 10.6 Å². The Labute approximate surface area is 144 Å². The van der Waals surface area contributed by atoms with E-state index in [1.54, 1.807) is 25.4 Å². The van der Waals surface area contributed by atoms with E-state index in [1.807, 2.05) is 0 Å². The van der Waals surface area contributed by atoms with Gasteiger partial charge in [-0.05, 0) is 32.3 Å². The zero-order valence-corrected chi connectivity index (χ0v) is 13.9. The molecule has 0 spiro atoms. The first-order valence-electron chi connectivity index (χ1n) is 8.22. The minimum Gasteiger partial charge on any atom is -0.391 e. The van der Waals surface area contributed by atoms with Gasteiger partial charge in [-0.1, -0.05) is 10.3 Å². The SMILES string of the molecule is Cc1nonc1CNC(=O)[C@H]1CC[C@@H](O)[C@H](NC(=O)c2cc[nH]c2)C1. The summed E-state index contributed by atoms with van der Waals surface area (Å²) in [6.45, 7) is 2.00. The van der Waals surface area contributed by atoms with Gasteiger partial charge < -0.3 is 20.7 Å². The first-order chi connectivity index (χ1) is 12.0. The van der Waals surface area contributed by atoms with Crippen molar-refractivity contribution in [3.05, 3.63) is 35.4 Å². The highest BCUT2D eigenvalue weighted by molar-refractivity contribution is 5.94. The molecule has 2 amide bonds. The Morgan fingerprint density at radius 3 is 2.92 bits per heavy atom. The van der Waals surface area contributed by atoms with Crippen molar-refractivity contribution < 1.29 is 19.3 Å². The number of carbonyl (C=O) groups is 2. The number of aromatic nitrogens is 3. The molecule has 9 nitrogen and oxygen atoms in total. The van der Waals surface area contributed by atoms with Gasteiger partial charge in [0, 0.05) is 18.3 Å². The smallest absolute Gasteiger partial charge is 0.253 e. The summed E-state index contributed by atoms with van der Waals surface area (Å²) in [5, 5.41) is 23.2. The summed E-state index contributed by atoms with van der Waals surface area (Å²) in [7, 11) is 0. The molecule has 0 saturated heterocycles. The zero-order valence-electron chi connectivity index (χ0n) is 13.9. The van der Waals surface area contributed by atoms with E-state index in [4.69, 9.17) is 0 Å². The van der Waals surface area contributed by atoms with Crippen LogP contribution in [0.5, 0.6) is 0 Å². The van der Waals surface area contributed by atoms with Crippen LogP contribution in [-0.2, 0) is 11.3 Å². The maximum absolute atomic E-state index is 12.4. The highest BCUT2D eigenvalue weighted by Gasteiger charge is 2.34. The lowest BCUT2D eigenvalue weighted by molar-refractivity contribution is -0.127. The molecule has 0 aromatic carbocycles. The Hall–Kier alpha value is -2.68. The van der Waals surface area contributed by atoms with Crippen molar-refractivity contribution in [1.82, 2.24) is 25.9 Å². The van der Waals surface area contributed by atoms with Gasteiger partial charge in [0.15, 0.2) is 0 Å². The summed E-state index contributed by atoms with van der Waals surface area (Å²) in [5.41, 5.74) is 1.71. The molecule has 2 aromatic rings. The van der Waals surface area contributed by atoms with Gasteiger partial charge in [0.2, 0.25) is 5.91 Å². The van der Waals surface area contributed by atoms with E-state index in [2.05, 4.69) is 30.6 Å². The highest BCUT2D eigenvalue weighted by Crippen LogP contribution is 2.25. The fourth-order valence-electron chi connectivity index (χ4n) is 2.99. The van der Waals surface area contributed by atoms with Crippen molar-refractivity contribution in [1.29, 1.82) is 0 Å². The minimum atomic E-state index is -0.658. The molecule has 0 unspecified atom stereocenters. The van der Waals surface area contributed by atoms with Crippen LogP contribution >= 0.6 is 0 Å². The molecule has 9 heteroatoms. The highest BCUT2D eigenvalue weighted by atomic mass is 16.6. The molecule has 25 heavy (non-hydrogen) atoms. The second-order valence-electron chi connectivity index (χ2n) is 6.27. The first-order valence-corrected chi connectivity index (χ1v) is 8.22. The summed E-state index contributed by atoms with van der Waals surface area (Å²) in [4.78, 5) is 27.3. The molecule has 2 aromatic heterocycles. The van der Waals surface area contributed by atoms with Crippen molar-refractivity contribution >= 4 is 11.8 Å². The number of nitrogens with zero attached hydrogens (tertiary/aromatic N) is 2. The van der Waals surface area contributed by atoms with Gasteiger partial charge in [-0.15, -0.1) is 0 Å². The van der Waals surface area contributed by atoms with E-state index in [9.17, 15) is 14.7 Å². The van der Waals surface area contributed by atoms with E-state index in [0.29, 0.717) is 36.2 Å². The first kappa shape index (κ1) is 17.2. The lowest BCUT2D eigenvalue weighted by atomic mass is 9.83. The van der Waals surface area contributed by atoms with Crippen molar-refractivity contribution in [2.45, 2.75) is 44.9 Å². The van der Waals surface area contributed by atoms with E-state index in [1.165, 1.54) is 0 Å². The molecule has 0 radical (unpaired) electrons. The van der Waals surface area contributed by atoms with Gasteiger partial charge in [-0.2, -0.15) is 0 Å². The van der Waals surface area contributed by atoms with Crippen molar-refractivity contribution in [2.75, 3.05) is 0 Å². The Morgan fingerprint density at radius 1 is 1.40 bits per heavy atom. The third-order valence-electron chi connectivity index (χ3n) is 4.54. The molecular formula is C16H21N5O4. The van der Waals surface area contributed by atoms with Gasteiger partial charge in [-0.25, -0.2) is 4.63 Å². The fraction of sp³-hybridized carbons (Fsp3) is 0.500. The molecule has 0 aliphatic heterocycles. The Bertz CT molecular complexity index is 727. The van der Waals surface area contributed by atoms with Gasteiger partial charge >= 0.3 is 0 Å². The molecule has 1 aliphatic rings. The largest absolute Gasteiger partial charge is 0.391 e. The molecule has 1 saturated carbocycles. The van der Waals surface area contributed by atoms with E-state index < -0.39 is 12.1 Å². The van der Waals surface area contributed by atoms with Crippen LogP contribution in [0.15, 0.2) is 23.1 Å². The normalized spacial score (nSPS) is 23.2. The van der Waals surface area contributed by atoms with Gasteiger partial charge in [0.25, 0.3) is 5.91 Å². The fourth-order valence-corrected chi connectivity index (χ4v) is 2.99. The number of amides is 2. The van der Waals surface area contributed by atoms with Crippen molar-refractivity contribution in [3.8, 4) is 0 Å². The van der Waals surface area contributed by atoms with Crippen molar-refractivity contribution in [3.63, 3.8) is 0 Å². The number of aliphatic hydroxyl groups is 1. The van der Waals surface area contributed by atoms with Crippen LogP contribution in [0.1, 0.15) is 41.0 Å². The van der Waals surface area contributed by atoms with E-state index in [-0.39, 0.29) is 24.3 Å². The summed E-state index contributed by atoms with van der Waals surface area (Å²) < 4.78 is 4.60. The second-order valence-corrected chi connectivity index (χ2v) is 6.27. The Kier molecular flexibility index (Phi) is 5.13. The molecule has 134 valence electrons. The summed E-state index contributed by atoms with van der Waals surface area (Å²) in [6.07, 6.45) is 4.00. The second kappa shape index (κ2) is 7.47. The van der Waals surface area contributed by atoms with Crippen LogP contribution in [0.25, 0.3) is 0 Å². The van der Waals surface area contributed by atoms with Gasteiger partial charge in [0.05, 0.1) is 24.3 Å². The minimum absolute atomic E-state index is 0.129. The number of nitrogens with one attached hydrogen (secondary N) is 3. The van der Waals surface area contributed by atoms with Gasteiger partial charge in [-0.3, -0.25) is 9.59 Å². The number of hydrogen-bond donors (Lipinski definition) is 4. The lowest BCUT2D eigenvalue weighted by Crippen LogP contribution is -2.49. The third-order valence-corrected chi connectivity index (χ3v) is 4.54. The Morgan fingerprint density at radius 2 is 2.24 bits per heavy atom. The predicted molar refractivity (Wildman–Crippen MR) is 86.3 cm³/mol. The van der Waals surface area contributed by atoms with E-state index in [0.717, 1.165) is 0 Å². The van der Waals surface area contributed by atoms with Crippen molar-refractivity contribution in [2.24, 2.45) is 5.92 Å². The molecule has 0 bridgehead atoms. The number of carbonyl (C=O) groups excluding carboxylic acids is 2. The predicted octanol–water partition coefficient (Wildman–Crippen LogP) is 0.282. The lowest BCUT2D eigenvalue weighted by Gasteiger charge is -2.33. The summed E-state index contributed by atoms with van der Waals surface area (Å²) >= 11 is 0. The molecule has 1 aliphatic carbocycles. The maximum Gasteiger partial charge on any atom is 0.253 e. The molecule has 3 atom stereocenters. The van der Waals surface area contributed by atoms with Gasteiger partial charge in [0.1, 0.15) is 11.4 Å². The van der Waals surface area contributed by atoms with Crippen LogP contribution in [0.3, 0.4) is 0 Å². The average molecular weight is 347 g/mol. The summed E-state index contributed by atoms with van der Waals surface area (Å²) in [5.74, 6) is -0.675. The van der Waals surface area contributed by atoms with Crippen LogP contribution in [0, 0.1) is 12.8 Å². The quantitative estimate of drug-likeness (QED) is 0.614. The number of aryl methyl sites for hydroxylation is 1. The van der Waals surface area contributed by atoms with Crippen LogP contribution in [-0.4, -0.2) is 44.4 Å². The molecular weight excluding hydrogens is 326 g/mol. The molecule has 3 rings (SSSR count). The number of hydrogen-bond acceptors (Lipinski definition) is 6. The maximum atomic E-state index is 12.4. The topological polar surface area (TPSA) is 133 Å². The van der Waals surface area contributed by atoms with Crippen LogP contribution in [0.4, 0.5) is 0 Å². The standard InChI is InChI=1S/C16H21N5O4/c1-9-13(21-25-20-9)8-18-15(23)10-2-3-14(22)12(6-10)19-16(24)11-4-5-17-7-11/h4-5,7,10,12,14,17,22H,2-3,6,8H2,1H3,(H,18,23)(H,19,24)/t10-,12+,14+/m0/s1. The molecule has 1 fully saturated rings. The monoisotopic (exact) mass is 347 g/mol. The summed E-state index contributed by atoms with van der Waals surface area (Å²) in [6, 6.07) is 1.20. The molecule has 4 N–H and O–H groups in total. The zero-order chi connectivity index (χ0) is 17.8. The number of H-pyrrole nitrogens is 1. The van der Waals surface area contributed by atoms with Crippen LogP contribution in [0.2, 0.25) is 0 Å². The third kappa shape index (κ3) is 4.05. The number of aromatic amines is 1. The Balaban J connectivity index is 1.55. The van der Waals surface area contributed by atoms with E-state index >= 15 is 0 Å². The average Bonchev–Trinajstić information content (AvgIpc) is 3.26. The number of aliphatic hydroxyl groups excluding tert-OH is 1.